The second-order valence-electron chi connectivity index (χ2n) is 17.4. The summed E-state index contributed by atoms with van der Waals surface area (Å²) in [7, 11) is -11.2. The van der Waals surface area contributed by atoms with Crippen LogP contribution in [0.15, 0.2) is 85.7 Å². The third kappa shape index (κ3) is 17.8. The monoisotopic (exact) mass is 1240 g/mol. The number of nitrogens with one attached hydrogen (secondary N) is 2. The molecule has 3 unspecified atom stereocenters. The van der Waals surface area contributed by atoms with Crippen LogP contribution in [-0.2, 0) is 38.2 Å². The lowest BCUT2D eigenvalue weighted by Crippen LogP contribution is -2.24. The lowest BCUT2D eigenvalue weighted by atomic mass is 10.00. The first-order chi connectivity index (χ1) is 36.3. The first-order valence-electron chi connectivity index (χ1n) is 22.5. The van der Waals surface area contributed by atoms with Gasteiger partial charge in [-0.1, -0.05) is 77.6 Å². The first kappa shape index (κ1) is 61.9. The van der Waals surface area contributed by atoms with Crippen molar-refractivity contribution < 1.29 is 70.9 Å². The van der Waals surface area contributed by atoms with Gasteiger partial charge < -0.3 is 30.8 Å². The summed E-state index contributed by atoms with van der Waals surface area (Å²) in [5, 5.41) is 56.1. The molecule has 4 heterocycles. The Labute approximate surface area is 471 Å². The van der Waals surface area contributed by atoms with Crippen molar-refractivity contribution in [2.75, 3.05) is 23.8 Å². The molecule has 2 aliphatic carbocycles. The Bertz CT molecular complexity index is 3100. The van der Waals surface area contributed by atoms with E-state index in [0.717, 1.165) is 29.1 Å². The van der Waals surface area contributed by atoms with Gasteiger partial charge in [-0.25, -0.2) is 35.5 Å². The molecule has 4 aromatic heterocycles. The van der Waals surface area contributed by atoms with Crippen LogP contribution in [0.3, 0.4) is 0 Å². The molecule has 2 aromatic carbocycles. The Kier molecular flexibility index (Phi) is 22.3. The fraction of sp³-hybridized carbons (Fsp3) is 0.333. The number of aliphatic hydroxyl groups is 3. The van der Waals surface area contributed by atoms with Crippen LogP contribution in [0.1, 0.15) is 99.0 Å². The maximum absolute atomic E-state index is 13.4. The molecular weight excluding hydrogens is 1190 g/mol. The van der Waals surface area contributed by atoms with Gasteiger partial charge in [-0.15, -0.1) is 22.7 Å². The third-order valence-corrected chi connectivity index (χ3v) is 16.4. The number of anilines is 2. The lowest BCUT2D eigenvalue weighted by molar-refractivity contribution is -0.244. The summed E-state index contributed by atoms with van der Waals surface area (Å²) < 4.78 is 66.0. The largest absolute Gasteiger partial charge is 0.565 e. The highest BCUT2D eigenvalue weighted by Crippen LogP contribution is 2.40. The normalized spacial score (nSPS) is 20.2. The molecule has 23 nitrogen and oxygen atoms in total. The number of thiophene rings is 2. The van der Waals surface area contributed by atoms with Crippen LogP contribution >= 0.6 is 77.3 Å². The number of aliphatic hydroxyl groups excluding tert-OH is 3. The van der Waals surface area contributed by atoms with Crippen LogP contribution in [0.4, 0.5) is 11.6 Å². The summed E-state index contributed by atoms with van der Waals surface area (Å²) in [6, 6.07) is 16.2. The van der Waals surface area contributed by atoms with Gasteiger partial charge in [0.15, 0.2) is 0 Å². The molecule has 0 spiro atoms. The maximum Gasteiger partial charge on any atom is 0.521 e. The van der Waals surface area contributed by atoms with E-state index in [0.29, 0.717) is 60.2 Å². The summed E-state index contributed by atoms with van der Waals surface area (Å²) in [5.74, 6) is -0.431. The molecule has 32 heteroatoms. The van der Waals surface area contributed by atoms with Crippen LogP contribution in [0.5, 0.6) is 0 Å². The van der Waals surface area contributed by atoms with Crippen LogP contribution in [0.25, 0.3) is 0 Å². The fourth-order valence-corrected chi connectivity index (χ4v) is 12.1. The number of aromatic nitrogens is 4. The summed E-state index contributed by atoms with van der Waals surface area (Å²) in [6.45, 7) is 1.75. The maximum atomic E-state index is 13.4. The molecule has 2 fully saturated rings. The van der Waals surface area contributed by atoms with E-state index >= 15 is 0 Å². The highest BCUT2D eigenvalue weighted by atomic mass is 35.5. The molecule has 9 atom stereocenters. The average Bonchev–Trinajstić information content (AvgIpc) is 4.16. The predicted molar refractivity (Wildman–Crippen MR) is 288 cm³/mol. The molecule has 6 aromatic rings. The molecule has 0 saturated heterocycles. The van der Waals surface area contributed by atoms with Crippen molar-refractivity contribution >= 4 is 121 Å². The van der Waals surface area contributed by atoms with Gasteiger partial charge in [-0.2, -0.15) is 16.8 Å². The minimum absolute atomic E-state index is 0. The van der Waals surface area contributed by atoms with E-state index in [2.05, 4.69) is 39.4 Å². The number of carbonyl (C=O) groups excluding carboxylic acids is 2. The Morgan fingerprint density at radius 2 is 1.17 bits per heavy atom. The number of halogens is 4. The van der Waals surface area contributed by atoms with E-state index in [1.54, 1.807) is 54.6 Å². The van der Waals surface area contributed by atoms with Gasteiger partial charge in [-0.3, -0.25) is 18.0 Å². The summed E-state index contributed by atoms with van der Waals surface area (Å²) in [4.78, 5) is 52.7. The quantitative estimate of drug-likeness (QED) is 0.0177. The number of nitrogens with two attached hydrogens (primary N) is 2. The molecule has 0 aliphatic heterocycles. The molecular formula is C45H49Cl4N8O15PS4. The Hall–Kier alpha value is -4.30. The predicted octanol–water partition coefficient (Wildman–Crippen LogP) is 6.87. The van der Waals surface area contributed by atoms with Crippen molar-refractivity contribution in [2.45, 2.75) is 63.0 Å². The van der Waals surface area contributed by atoms with Crippen molar-refractivity contribution in [1.82, 2.24) is 19.9 Å². The van der Waals surface area contributed by atoms with Gasteiger partial charge in [0.1, 0.15) is 36.5 Å². The van der Waals surface area contributed by atoms with E-state index < -0.39 is 58.9 Å². The van der Waals surface area contributed by atoms with Gasteiger partial charge in [0.2, 0.25) is 11.6 Å². The molecule has 8 rings (SSSR count). The van der Waals surface area contributed by atoms with Gasteiger partial charge in [0, 0.05) is 57.7 Å². The van der Waals surface area contributed by atoms with Crippen LogP contribution in [-0.4, -0.2) is 100 Å². The van der Waals surface area contributed by atoms with Gasteiger partial charge in [0.25, 0.3) is 0 Å². The Morgan fingerprint density at radius 1 is 0.753 bits per heavy atom. The lowest BCUT2D eigenvalue weighted by Gasteiger charge is -2.15. The van der Waals surface area contributed by atoms with E-state index in [-0.39, 0.29) is 76.9 Å². The number of nitrogens with zero attached hydrogens (tertiary/aromatic N) is 4. The second-order valence-corrected chi connectivity index (χ2v) is 24.6. The summed E-state index contributed by atoms with van der Waals surface area (Å²) >= 11 is 26.9. The average molecular weight is 1240 g/mol. The zero-order valence-electron chi connectivity index (χ0n) is 39.8. The summed E-state index contributed by atoms with van der Waals surface area (Å²) in [5.41, 5.74) is 2.31. The zero-order chi connectivity index (χ0) is 56.4. The first-order valence-corrected chi connectivity index (χ1v) is 29.6. The Morgan fingerprint density at radius 3 is 1.58 bits per heavy atom. The minimum atomic E-state index is -4.12. The van der Waals surface area contributed by atoms with Crippen molar-refractivity contribution in [2.24, 2.45) is 28.0 Å². The van der Waals surface area contributed by atoms with Crippen molar-refractivity contribution in [3.63, 3.8) is 0 Å². The SMILES string of the molecule is C[C@H]1C[C@H](Nc2ncncc2C(=O)c2cc(C(O)c3cccc(Cl)c3)c(Cl)s2)C[C@@H]1COS(N)(=O)=O.NS(=O)(=O)OC[C@H]1C[C@@H](Nc2ncncc2C(=O)c2cc(C(O)c3cccc(Cl)c3)c(Cl)s2)C[C@@H]1O.O=[P+]([O-])OO.[HH]. The number of rotatable bonds is 19. The van der Waals surface area contributed by atoms with E-state index in [9.17, 15) is 41.7 Å². The highest BCUT2D eigenvalue weighted by molar-refractivity contribution is 7.84. The smallest absolute Gasteiger partial charge is 0.521 e. The third-order valence-electron chi connectivity index (χ3n) is 12.1. The Balaban J connectivity index is 0.000000261. The van der Waals surface area contributed by atoms with Gasteiger partial charge in [0.05, 0.1) is 48.9 Å². The van der Waals surface area contributed by atoms with Gasteiger partial charge in [-0.05, 0) is 89.6 Å². The van der Waals surface area contributed by atoms with Crippen molar-refractivity contribution in [3.8, 4) is 0 Å². The molecule has 0 amide bonds. The van der Waals surface area contributed by atoms with E-state index in [1.807, 2.05) is 6.92 Å². The molecule has 416 valence electrons. The van der Waals surface area contributed by atoms with Crippen LogP contribution < -0.4 is 25.8 Å². The number of ketones is 2. The van der Waals surface area contributed by atoms with Crippen LogP contribution in [0.2, 0.25) is 18.7 Å². The van der Waals surface area contributed by atoms with E-state index in [4.69, 9.17) is 75.6 Å². The zero-order valence-corrected chi connectivity index (χ0v) is 46.9. The highest BCUT2D eigenvalue weighted by Gasteiger charge is 2.36. The number of carbonyl (C=O) groups is 2. The molecule has 0 radical (unpaired) electrons. The van der Waals surface area contributed by atoms with Crippen molar-refractivity contribution in [1.29, 1.82) is 0 Å². The van der Waals surface area contributed by atoms with Crippen LogP contribution in [0, 0.1) is 17.8 Å². The second kappa shape index (κ2) is 27.7. The molecule has 10 N–H and O–H groups in total. The molecule has 77 heavy (non-hydrogen) atoms. The molecule has 2 aliphatic rings. The fourth-order valence-electron chi connectivity index (χ4n) is 8.40. The minimum Gasteiger partial charge on any atom is -0.565 e. The van der Waals surface area contributed by atoms with E-state index in [1.165, 1.54) is 31.1 Å². The number of hydrogen-bond acceptors (Lipinski definition) is 23. The van der Waals surface area contributed by atoms with Gasteiger partial charge >= 0.3 is 28.9 Å². The molecule has 2 saturated carbocycles. The standard InChI is InChI=1S/C23H24Cl2N4O5S2.C22H22Cl2N4O6S2.HO4P.H2/c1-12-5-16(7-14(12)10-34-36(26,32)33)29-23-18(9-27-11-28-23)21(31)19-8-17(22(25)35-19)20(30)13-3-2-4-15(24)6-13;23-13-3-1-2-11(4-13)19(30)15-7-18(35-21(15)24)20(31)16-8-26-10-27-22(16)28-14-5-12(17(29)6-14)9-34-36(25,32)33;1-4-5(2)3;/h2-4,6,8-9,11-12,14,16,20,30H,5,7,10H2,1H3,(H2,26,32,33)(H,27,28,29);1-4,7-8,10,12,14,17,19,29-30H,5-6,9H2,(H2,25,32,33)(H,26,27,28);1H;1H/t12-,14+,16-,20?;12-,14-,17+,19?;;/m01../s1. The van der Waals surface area contributed by atoms with Crippen molar-refractivity contribution in [3.05, 3.63) is 148 Å². The summed E-state index contributed by atoms with van der Waals surface area (Å²) in [6.07, 6.45) is 4.49. The molecule has 0 bridgehead atoms. The number of hydrogen-bond donors (Lipinski definition) is 8. The topological polar surface area (TPSA) is 379 Å². The number of benzene rings is 2.